The van der Waals surface area contributed by atoms with Gasteiger partial charge >= 0.3 is 0 Å². The minimum Gasteiger partial charge on any atom is -0.391 e. The zero-order valence-electron chi connectivity index (χ0n) is 59.8. The summed E-state index contributed by atoms with van der Waals surface area (Å²) in [5, 5.41) is 20.1. The van der Waals surface area contributed by atoms with Crippen LogP contribution < -0.4 is 16.0 Å². The molecule has 2 fully saturated rings. The van der Waals surface area contributed by atoms with Gasteiger partial charge in [-0.2, -0.15) is 0 Å². The van der Waals surface area contributed by atoms with Crippen molar-refractivity contribution in [2.45, 2.75) is 206 Å². The van der Waals surface area contributed by atoms with E-state index >= 15 is 24.0 Å². The number of carbonyl (C=O) groups excluding carboxylic acids is 11. The molecule has 0 unspecified atom stereocenters. The topological polar surface area (TPSA) is 270 Å². The number of aryl methyl sites for hydroxylation is 1. The van der Waals surface area contributed by atoms with Crippen LogP contribution in [0.5, 0.6) is 0 Å². The van der Waals surface area contributed by atoms with Crippen LogP contribution in [0.25, 0.3) is 0 Å². The molecule has 0 aliphatic carbocycles. The molecule has 532 valence electrons. The summed E-state index contributed by atoms with van der Waals surface area (Å²) in [4.78, 5) is 174. The lowest BCUT2D eigenvalue weighted by molar-refractivity contribution is -0.155. The fraction of sp³-hybridized carbons (Fsp3) is 0.608. The molecule has 11 atom stereocenters. The Morgan fingerprint density at radius 3 is 1.66 bits per heavy atom. The number of aliphatic hydroxyl groups excluding tert-OH is 1. The second kappa shape index (κ2) is 36.4. The van der Waals surface area contributed by atoms with E-state index in [9.17, 15) is 33.9 Å². The summed E-state index contributed by atoms with van der Waals surface area (Å²) in [6, 6.07) is 14.5. The quantitative estimate of drug-likeness (QED) is 0.193. The second-order valence-electron chi connectivity index (χ2n) is 28.0. The molecule has 23 nitrogen and oxygen atoms in total. The summed E-state index contributed by atoms with van der Waals surface area (Å²) in [6.07, 6.45) is 3.60. The Balaban J connectivity index is 1.42. The van der Waals surface area contributed by atoms with Crippen molar-refractivity contribution in [1.82, 2.24) is 55.1 Å². The Bertz CT molecular complexity index is 3200. The first-order valence-electron chi connectivity index (χ1n) is 34.9. The molecule has 0 saturated carbocycles. The predicted molar refractivity (Wildman–Crippen MR) is 370 cm³/mol. The Hall–Kier alpha value is -8.21. The van der Waals surface area contributed by atoms with Gasteiger partial charge < -0.3 is 60.3 Å². The number of fused-ring (bicyclic) bond motifs is 3. The van der Waals surface area contributed by atoms with Gasteiger partial charge in [-0.05, 0) is 112 Å². The van der Waals surface area contributed by atoms with Gasteiger partial charge in [0.15, 0.2) is 0 Å². The molecule has 97 heavy (non-hydrogen) atoms. The molecule has 0 radical (unpaired) electrons. The van der Waals surface area contributed by atoms with Gasteiger partial charge in [0, 0.05) is 87.6 Å². The highest BCUT2D eigenvalue weighted by Gasteiger charge is 2.46. The van der Waals surface area contributed by atoms with Crippen LogP contribution in [0.2, 0.25) is 0 Å². The van der Waals surface area contributed by atoms with Crippen molar-refractivity contribution in [1.29, 1.82) is 0 Å². The molecule has 0 aromatic heterocycles. The van der Waals surface area contributed by atoms with E-state index in [0.717, 1.165) is 35.3 Å². The van der Waals surface area contributed by atoms with E-state index in [1.807, 2.05) is 65.8 Å². The molecule has 3 aliphatic rings. The Labute approximate surface area is 574 Å². The maximum Gasteiger partial charge on any atom is 0.248 e. The SMILES string of the molecule is CC[C@H](C)[C@H]1C(=O)N(C)[C@@H](C)C(=O)N(C)[C@@H](Cc2ccccc2)C(=O)N[C@@H]([C@@H](C)O)C(=O)N(C)[C@@H](Cc2ccccc2)C(=O)N(C)[C@@H](CC(C)C)C(=O)N2CCC[C@H]2C(=O)N[C@H](C(=O)N2CCCCC2)Cc2cccc(c2)CCCC(=O)NCC(=O)N(C)[C@@H](CC(C)C)C(=O)N1C. The van der Waals surface area contributed by atoms with Crippen molar-refractivity contribution in [2.24, 2.45) is 17.8 Å². The number of hydrogen-bond donors (Lipinski definition) is 4. The standard InChI is InChI=1S/C74H109N11O12/c1-15-49(6)65-74(97)78(9)50(7)68(91)80(11)58(44-53-28-19-16-20-29-53)67(90)77-64(51(8)86)73(96)82(13)61(45-54-30-21-17-22-31-54)70(93)81(12)60(41-48(4)5)72(95)85-39-27-35-57(85)66(89)76-56(69(92)84-37-23-18-24-38-84)43-55-34-25-32-52(42-55)33-26-36-62(87)75-46-63(88)79(10)59(40-47(2)3)71(94)83(65)14/h16-17,19-22,25,28-32,34,42,47-51,56-61,64-65,86H,15,18,23-24,26-27,33,35-41,43-46H2,1-14H3,(H,75,87)(H,76,89)(H,77,90)/t49-,50-,51+,56-,57-,58-,59-,60-,61-,64-,65-/m0/s1. The Kier molecular flexibility index (Phi) is 29.2. The molecule has 3 aliphatic heterocycles. The van der Waals surface area contributed by atoms with E-state index in [0.29, 0.717) is 56.3 Å². The maximum atomic E-state index is 15.5. The lowest BCUT2D eigenvalue weighted by Crippen LogP contribution is -2.63. The van der Waals surface area contributed by atoms with Gasteiger partial charge in [-0.1, -0.05) is 133 Å². The number of nitrogens with one attached hydrogen (secondary N) is 3. The molecule has 3 aromatic rings. The average Bonchev–Trinajstić information content (AvgIpc) is 1.74. The summed E-state index contributed by atoms with van der Waals surface area (Å²) in [7, 11) is 8.73. The van der Waals surface area contributed by atoms with E-state index in [-0.39, 0.29) is 68.7 Å². The van der Waals surface area contributed by atoms with E-state index in [1.165, 1.54) is 85.5 Å². The molecule has 4 N–H and O–H groups in total. The zero-order chi connectivity index (χ0) is 71.5. The first kappa shape index (κ1) is 77.8. The van der Waals surface area contributed by atoms with Gasteiger partial charge in [0.1, 0.15) is 54.4 Å². The fourth-order valence-corrected chi connectivity index (χ4v) is 13.5. The van der Waals surface area contributed by atoms with Crippen molar-refractivity contribution in [3.63, 3.8) is 0 Å². The predicted octanol–water partition coefficient (Wildman–Crippen LogP) is 4.64. The van der Waals surface area contributed by atoms with Crippen molar-refractivity contribution < 1.29 is 57.8 Å². The lowest BCUT2D eigenvalue weighted by atomic mass is 9.94. The first-order valence-corrected chi connectivity index (χ1v) is 34.9. The zero-order valence-corrected chi connectivity index (χ0v) is 59.8. The Morgan fingerprint density at radius 2 is 1.08 bits per heavy atom. The van der Waals surface area contributed by atoms with Crippen LogP contribution >= 0.6 is 0 Å². The molecule has 3 heterocycles. The van der Waals surface area contributed by atoms with Crippen LogP contribution in [0.3, 0.4) is 0 Å². The number of carbonyl (C=O) groups is 11. The Morgan fingerprint density at radius 1 is 0.536 bits per heavy atom. The van der Waals surface area contributed by atoms with Gasteiger partial charge in [-0.15, -0.1) is 0 Å². The van der Waals surface area contributed by atoms with Gasteiger partial charge in [0.2, 0.25) is 65.0 Å². The number of aliphatic hydroxyl groups is 1. The highest BCUT2D eigenvalue weighted by molar-refractivity contribution is 5.99. The number of hydrogen-bond acceptors (Lipinski definition) is 12. The lowest BCUT2D eigenvalue weighted by Gasteiger charge is -2.40. The third-order valence-corrected chi connectivity index (χ3v) is 19.8. The highest BCUT2D eigenvalue weighted by Crippen LogP contribution is 2.27. The summed E-state index contributed by atoms with van der Waals surface area (Å²) >= 11 is 0. The first-order chi connectivity index (χ1) is 46.0. The number of piperidine rings is 1. The summed E-state index contributed by atoms with van der Waals surface area (Å²) in [5.41, 5.74) is 2.95. The summed E-state index contributed by atoms with van der Waals surface area (Å²) in [6.45, 7) is 15.0. The van der Waals surface area contributed by atoms with Crippen molar-refractivity contribution in [3.05, 3.63) is 107 Å². The van der Waals surface area contributed by atoms with E-state index in [4.69, 9.17) is 0 Å². The summed E-state index contributed by atoms with van der Waals surface area (Å²) < 4.78 is 0. The van der Waals surface area contributed by atoms with Gasteiger partial charge in [0.25, 0.3) is 0 Å². The minimum absolute atomic E-state index is 0.0499. The van der Waals surface area contributed by atoms with E-state index in [2.05, 4.69) is 16.0 Å². The molecular weight excluding hydrogens is 1230 g/mol. The third kappa shape index (κ3) is 20.7. The van der Waals surface area contributed by atoms with Crippen LogP contribution in [0, 0.1) is 17.8 Å². The van der Waals surface area contributed by atoms with Gasteiger partial charge in [-0.3, -0.25) is 52.7 Å². The third-order valence-electron chi connectivity index (χ3n) is 19.8. The number of likely N-dealkylation sites (N-methyl/N-ethyl adjacent to an activating group) is 6. The molecule has 6 rings (SSSR count). The van der Waals surface area contributed by atoms with Crippen LogP contribution in [0.15, 0.2) is 84.9 Å². The molecule has 23 heteroatoms. The largest absolute Gasteiger partial charge is 0.391 e. The molecular formula is C74H109N11O12. The number of benzene rings is 3. The van der Waals surface area contributed by atoms with Gasteiger partial charge in [-0.25, -0.2) is 0 Å². The molecule has 2 saturated heterocycles. The number of amides is 11. The normalized spacial score (nSPS) is 25.5. The molecule has 0 spiro atoms. The molecule has 3 aromatic carbocycles. The highest BCUT2D eigenvalue weighted by atomic mass is 16.3. The molecule has 11 amide bonds. The number of rotatable bonds is 12. The van der Waals surface area contributed by atoms with Gasteiger partial charge in [0.05, 0.1) is 12.6 Å². The van der Waals surface area contributed by atoms with Crippen molar-refractivity contribution in [3.8, 4) is 0 Å². The smallest absolute Gasteiger partial charge is 0.248 e. The van der Waals surface area contributed by atoms with Crippen molar-refractivity contribution >= 4 is 65.0 Å². The van der Waals surface area contributed by atoms with Crippen LogP contribution in [-0.4, -0.2) is 238 Å². The number of likely N-dealkylation sites (tertiary alicyclic amines) is 1. The van der Waals surface area contributed by atoms with E-state index < -0.39 is 126 Å². The second-order valence-corrected chi connectivity index (χ2v) is 28.0. The van der Waals surface area contributed by atoms with Crippen LogP contribution in [0.1, 0.15) is 142 Å². The monoisotopic (exact) mass is 1340 g/mol. The fourth-order valence-electron chi connectivity index (χ4n) is 13.5. The van der Waals surface area contributed by atoms with E-state index in [1.54, 1.807) is 65.6 Å². The molecule has 2 bridgehead atoms. The summed E-state index contributed by atoms with van der Waals surface area (Å²) in [5.74, 6) is -6.92. The maximum absolute atomic E-state index is 15.5. The average molecular weight is 1340 g/mol. The minimum atomic E-state index is -1.69. The van der Waals surface area contributed by atoms with Crippen LogP contribution in [-0.2, 0) is 78.4 Å². The van der Waals surface area contributed by atoms with Crippen LogP contribution in [0.4, 0.5) is 0 Å². The number of nitrogens with zero attached hydrogens (tertiary/aromatic N) is 8. The van der Waals surface area contributed by atoms with Crippen molar-refractivity contribution in [2.75, 3.05) is 68.5 Å².